The minimum absolute atomic E-state index is 0.767. The molecule has 0 radical (unpaired) electrons. The number of unbranched alkanes of at least 4 members (excludes halogenated alkanes) is 2. The Balaban J connectivity index is 0.000000771. The number of halogens is 1. The molecule has 9 heteroatoms. The Morgan fingerprint density at radius 3 is 1.41 bits per heavy atom. The van der Waals surface area contributed by atoms with Gasteiger partial charge in [-0.3, -0.25) is 0 Å². The van der Waals surface area contributed by atoms with Gasteiger partial charge in [0.25, 0.3) is 0 Å². The molecule has 3 aromatic carbocycles. The largest absolute Gasteiger partial charge is 0.497 e. The molecule has 4 rings (SSSR count). The van der Waals surface area contributed by atoms with E-state index in [0.29, 0.717) is 0 Å². The van der Waals surface area contributed by atoms with E-state index in [1.54, 1.807) is 25.6 Å². The molecule has 0 saturated carbocycles. The van der Waals surface area contributed by atoms with E-state index >= 15 is 0 Å². The summed E-state index contributed by atoms with van der Waals surface area (Å²) in [5.41, 5.74) is 4.67. The van der Waals surface area contributed by atoms with Crippen molar-refractivity contribution in [1.82, 2.24) is 0 Å². The average Bonchev–Trinajstić information content (AvgIpc) is 2.94. The molecule has 0 fully saturated rings. The van der Waals surface area contributed by atoms with Crippen LogP contribution in [0.5, 0.6) is 17.2 Å². The lowest BCUT2D eigenvalue weighted by Crippen LogP contribution is -2.68. The highest BCUT2D eigenvalue weighted by atomic mass is 35.7. The maximum atomic E-state index is 8.49. The quantitative estimate of drug-likeness (QED) is 0.210. The van der Waals surface area contributed by atoms with Crippen molar-refractivity contribution < 1.29 is 43.1 Å². The first-order chi connectivity index (χ1) is 18.7. The Hall–Kier alpha value is -3.24. The number of benzene rings is 3. The Kier molecular flexibility index (Phi) is 11.5. The average molecular weight is 571 g/mol. The highest BCUT2D eigenvalue weighted by Gasteiger charge is 2.19. The van der Waals surface area contributed by atoms with Crippen LogP contribution in [0.3, 0.4) is 0 Å². The van der Waals surface area contributed by atoms with Crippen LogP contribution in [0.2, 0.25) is 0 Å². The predicted octanol–water partition coefficient (Wildman–Crippen LogP) is 3.86. The van der Waals surface area contributed by atoms with Crippen LogP contribution in [0.25, 0.3) is 32.0 Å². The van der Waals surface area contributed by atoms with Crippen molar-refractivity contribution >= 4 is 11.3 Å². The van der Waals surface area contributed by atoms with Crippen molar-refractivity contribution in [3.63, 3.8) is 0 Å². The lowest BCUT2D eigenvalue weighted by atomic mass is 10.0. The van der Waals surface area contributed by atoms with Crippen LogP contribution in [0.15, 0.2) is 84.9 Å². The van der Waals surface area contributed by atoms with Crippen LogP contribution in [0, 0.1) is 10.2 Å². The Labute approximate surface area is 235 Å². The highest BCUT2D eigenvalue weighted by molar-refractivity contribution is 7.18. The molecule has 206 valence electrons. The maximum absolute atomic E-state index is 8.49. The van der Waals surface area contributed by atoms with Crippen LogP contribution in [-0.2, 0) is 0 Å². The van der Waals surface area contributed by atoms with Gasteiger partial charge >= 0.3 is 0 Å². The lowest BCUT2D eigenvalue weighted by molar-refractivity contribution is -2.00. The zero-order valence-corrected chi connectivity index (χ0v) is 23.6. The van der Waals surface area contributed by atoms with Gasteiger partial charge in [0.1, 0.15) is 17.2 Å². The van der Waals surface area contributed by atoms with Crippen LogP contribution >= 0.6 is 11.3 Å². The van der Waals surface area contributed by atoms with Crippen LogP contribution in [0.4, 0.5) is 0 Å². The van der Waals surface area contributed by atoms with Gasteiger partial charge in [-0.2, -0.15) is 0 Å². The fourth-order valence-electron chi connectivity index (χ4n) is 3.75. The molecule has 1 aromatic heterocycles. The van der Waals surface area contributed by atoms with Gasteiger partial charge in [-0.15, -0.1) is 10.2 Å². The monoisotopic (exact) mass is 570 g/mol. The molecule has 1 heterocycles. The molecule has 0 saturated heterocycles. The fourth-order valence-corrected chi connectivity index (χ4v) is 4.87. The maximum Gasteiger partial charge on any atom is 0.239 e. The van der Waals surface area contributed by atoms with E-state index in [0.717, 1.165) is 30.3 Å². The lowest BCUT2D eigenvalue weighted by Gasteiger charge is -2.17. The van der Waals surface area contributed by atoms with E-state index in [1.807, 2.05) is 24.3 Å². The summed E-state index contributed by atoms with van der Waals surface area (Å²) in [6.45, 7) is 2.97. The number of hydrogen-bond donors (Lipinski definition) is 0. The normalized spacial score (nSPS) is 10.8. The van der Waals surface area contributed by atoms with E-state index in [4.69, 9.17) is 32.8 Å². The van der Waals surface area contributed by atoms with Crippen molar-refractivity contribution in [2.24, 2.45) is 0 Å². The molecule has 0 aliphatic heterocycles. The second kappa shape index (κ2) is 14.8. The zero-order valence-electron chi connectivity index (χ0n) is 22.1. The predicted molar refractivity (Wildman–Crippen MR) is 143 cm³/mol. The molecule has 0 unspecified atom stereocenters. The van der Waals surface area contributed by atoms with E-state index in [1.165, 1.54) is 44.8 Å². The third-order valence-corrected chi connectivity index (χ3v) is 6.89. The third-order valence-electron chi connectivity index (χ3n) is 5.75. The van der Waals surface area contributed by atoms with E-state index < -0.39 is 10.2 Å². The van der Waals surface area contributed by atoms with E-state index in [9.17, 15) is 0 Å². The van der Waals surface area contributed by atoms with E-state index in [-0.39, 0.29) is 0 Å². The summed E-state index contributed by atoms with van der Waals surface area (Å²) in [5, 5.41) is 0. The second-order valence-corrected chi connectivity index (χ2v) is 10.3. The Bertz CT molecular complexity index is 1220. The standard InChI is InChI=1S/C30H31O3S.ClHO4/c1-4-5-6-19-33-28-17-7-22(8-18-28)25-20-29(23-9-13-26(31-2)14-10-23)34-30(21-25)24-11-15-27(32-3)16-12-24;2-1(3,4)5/h7-18,20-21H,4-6,19H2,1-3H3;(H,2,3,4,5)/q+1;/p-1. The summed E-state index contributed by atoms with van der Waals surface area (Å²) in [6.07, 6.45) is 3.49. The summed E-state index contributed by atoms with van der Waals surface area (Å²) < 4.78 is 50.6. The van der Waals surface area contributed by atoms with Gasteiger partial charge in [0.05, 0.1) is 20.8 Å². The Morgan fingerprint density at radius 2 is 1.00 bits per heavy atom. The number of methoxy groups -OCH3 is 2. The molecular weight excluding hydrogens is 540 g/mol. The van der Waals surface area contributed by atoms with Crippen molar-refractivity contribution in [1.29, 1.82) is 0 Å². The first kappa shape index (κ1) is 30.3. The van der Waals surface area contributed by atoms with Gasteiger partial charge in [0, 0.05) is 23.3 Å². The highest BCUT2D eigenvalue weighted by Crippen LogP contribution is 2.38. The van der Waals surface area contributed by atoms with E-state index in [2.05, 4.69) is 67.6 Å². The van der Waals surface area contributed by atoms with Gasteiger partial charge in [0.2, 0.25) is 21.1 Å². The molecule has 0 bridgehead atoms. The fraction of sp³-hybridized carbons (Fsp3) is 0.233. The molecule has 0 spiro atoms. The molecule has 7 nitrogen and oxygen atoms in total. The summed E-state index contributed by atoms with van der Waals surface area (Å²) in [6, 6.07) is 29.4. The number of ether oxygens (including phenoxy) is 3. The molecule has 4 aromatic rings. The van der Waals surface area contributed by atoms with Gasteiger partial charge < -0.3 is 14.2 Å². The third kappa shape index (κ3) is 10.1. The SMILES string of the molecule is CCCCCOc1ccc(-c2cc(-c3ccc(OC)cc3)[s+]c(-c3ccc(OC)cc3)c2)cc1.[O-][Cl+3]([O-])([O-])[O-]. The number of rotatable bonds is 10. The van der Waals surface area contributed by atoms with Crippen molar-refractivity contribution in [3.8, 4) is 49.3 Å². The first-order valence-corrected chi connectivity index (χ1v) is 14.4. The Morgan fingerprint density at radius 1 is 0.590 bits per heavy atom. The molecular formula is C30H31ClO7S. The van der Waals surface area contributed by atoms with Gasteiger partial charge in [0.15, 0.2) is 0 Å². The van der Waals surface area contributed by atoms with Gasteiger partial charge in [-0.05, 0) is 78.2 Å². The molecule has 0 aliphatic rings. The molecule has 0 aliphatic carbocycles. The molecule has 39 heavy (non-hydrogen) atoms. The zero-order chi connectivity index (χ0) is 28.3. The molecule has 0 amide bonds. The van der Waals surface area contributed by atoms with Crippen LogP contribution in [-0.4, -0.2) is 20.8 Å². The minimum Gasteiger partial charge on any atom is -0.497 e. The summed E-state index contributed by atoms with van der Waals surface area (Å²) >= 11 is 1.78. The smallest absolute Gasteiger partial charge is 0.239 e. The second-order valence-electron chi connectivity index (χ2n) is 8.49. The van der Waals surface area contributed by atoms with Crippen LogP contribution in [0.1, 0.15) is 26.2 Å². The summed E-state index contributed by atoms with van der Waals surface area (Å²) in [4.78, 5) is 2.40. The van der Waals surface area contributed by atoms with Crippen molar-refractivity contribution in [2.75, 3.05) is 20.8 Å². The van der Waals surface area contributed by atoms with Gasteiger partial charge in [-0.1, -0.05) is 31.9 Å². The molecule has 0 atom stereocenters. The minimum atomic E-state index is -4.94. The summed E-state index contributed by atoms with van der Waals surface area (Å²) in [5.74, 6) is 2.63. The van der Waals surface area contributed by atoms with Crippen molar-refractivity contribution in [3.05, 3.63) is 84.9 Å². The van der Waals surface area contributed by atoms with Crippen molar-refractivity contribution in [2.45, 2.75) is 26.2 Å². The topological polar surface area (TPSA) is 120 Å². The van der Waals surface area contributed by atoms with Gasteiger partial charge in [-0.25, -0.2) is 18.6 Å². The first-order valence-electron chi connectivity index (χ1n) is 12.3. The van der Waals surface area contributed by atoms with Crippen LogP contribution < -0.4 is 32.8 Å². The summed E-state index contributed by atoms with van der Waals surface area (Å²) in [7, 11) is -1.56. The number of hydrogen-bond acceptors (Lipinski definition) is 7. The molecule has 0 N–H and O–H groups in total.